The predicted octanol–water partition coefficient (Wildman–Crippen LogP) is 5.84. The van der Waals surface area contributed by atoms with Crippen molar-refractivity contribution < 1.29 is 10.2 Å². The van der Waals surface area contributed by atoms with Crippen molar-refractivity contribution in [3.05, 3.63) is 120 Å². The number of rotatable bonds is 4. The van der Waals surface area contributed by atoms with Gasteiger partial charge in [-0.05, 0) is 84.9 Å². The van der Waals surface area contributed by atoms with Crippen molar-refractivity contribution in [1.29, 1.82) is 0 Å². The summed E-state index contributed by atoms with van der Waals surface area (Å²) in [6, 6.07) is 21.1. The maximum atomic E-state index is 9.81. The van der Waals surface area contributed by atoms with E-state index in [4.69, 9.17) is 9.98 Å². The van der Waals surface area contributed by atoms with Gasteiger partial charge in [0.2, 0.25) is 0 Å². The Morgan fingerprint density at radius 1 is 0.472 bits per heavy atom. The van der Waals surface area contributed by atoms with Crippen molar-refractivity contribution >= 4 is 48.1 Å². The molecule has 0 spiro atoms. The molecule has 36 heavy (non-hydrogen) atoms. The molecule has 2 aromatic heterocycles. The molecule has 5 rings (SSSR count). The van der Waals surface area contributed by atoms with E-state index < -0.39 is 0 Å². The average Bonchev–Trinajstić information content (AvgIpc) is 2.87. The van der Waals surface area contributed by atoms with Crippen LogP contribution in [0.3, 0.4) is 0 Å². The maximum absolute atomic E-state index is 9.81. The van der Waals surface area contributed by atoms with Crippen molar-refractivity contribution in [3.8, 4) is 11.5 Å². The normalized spacial score (nSPS) is 13.6. The monoisotopic (exact) mass is 508 g/mol. The molecule has 1 aliphatic rings. The standard InChI is InChI=1S/C28H20N4O2S2/c33-21-7-1-17(2-8-21)23-13-25(19-5-11-27(35)29-15-19)32-24(18-3-9-22(34)10-4-18)14-26(31-23)20-6-12-28(36)30-16-20/h1-16,33-34H,(H,29,35)(H,30,36). The van der Waals surface area contributed by atoms with Gasteiger partial charge in [-0.3, -0.25) is 0 Å². The van der Waals surface area contributed by atoms with Crippen LogP contribution in [0.25, 0.3) is 11.4 Å². The zero-order chi connectivity index (χ0) is 25.1. The lowest BCUT2D eigenvalue weighted by Gasteiger charge is -2.14. The lowest BCUT2D eigenvalue weighted by molar-refractivity contribution is 0.474. The summed E-state index contributed by atoms with van der Waals surface area (Å²) in [7, 11) is 0. The highest BCUT2D eigenvalue weighted by molar-refractivity contribution is 7.80. The van der Waals surface area contributed by atoms with Gasteiger partial charge in [0.05, 0.1) is 32.9 Å². The first-order chi connectivity index (χ1) is 17.4. The predicted molar refractivity (Wildman–Crippen MR) is 148 cm³/mol. The summed E-state index contributed by atoms with van der Waals surface area (Å²) >= 11 is 8.61. The zero-order valence-corrected chi connectivity index (χ0v) is 20.6. The van der Waals surface area contributed by atoms with Gasteiger partial charge in [0.25, 0.3) is 0 Å². The van der Waals surface area contributed by atoms with Crippen LogP contribution in [0.2, 0.25) is 0 Å². The van der Waals surface area contributed by atoms with Gasteiger partial charge in [0.15, 0.2) is 0 Å². The SMILES string of the molecule is Oc1ccc(C2=CC(c3ccc(S)nc3)=NC(c3ccc(O)cc3)=CC(c3ccc(S)nc3)=N2)cc1. The van der Waals surface area contributed by atoms with Gasteiger partial charge < -0.3 is 10.2 Å². The Balaban J connectivity index is 1.75. The number of thiol groups is 2. The molecular weight excluding hydrogens is 488 g/mol. The Kier molecular flexibility index (Phi) is 6.71. The van der Waals surface area contributed by atoms with Crippen LogP contribution in [0.4, 0.5) is 0 Å². The third kappa shape index (κ3) is 5.40. The zero-order valence-electron chi connectivity index (χ0n) is 18.8. The van der Waals surface area contributed by atoms with Gasteiger partial charge in [-0.1, -0.05) is 0 Å². The lowest BCUT2D eigenvalue weighted by atomic mass is 10.0. The first-order valence-electron chi connectivity index (χ1n) is 10.9. The number of allylic oxidation sites excluding steroid dienone is 2. The van der Waals surface area contributed by atoms with Crippen LogP contribution in [-0.2, 0) is 0 Å². The number of hydrogen-bond donors (Lipinski definition) is 4. The van der Waals surface area contributed by atoms with Crippen molar-refractivity contribution in [2.24, 2.45) is 9.98 Å². The minimum Gasteiger partial charge on any atom is -0.508 e. The molecule has 6 nitrogen and oxygen atoms in total. The number of pyridine rings is 2. The Labute approximate surface area is 219 Å². The fraction of sp³-hybridized carbons (Fsp3) is 0. The number of phenolic OH excluding ortho intramolecular Hbond substituents is 2. The Hall–Kier alpha value is -4.14. The second-order valence-electron chi connectivity index (χ2n) is 7.96. The van der Waals surface area contributed by atoms with E-state index in [2.05, 4.69) is 35.2 Å². The molecule has 0 aliphatic carbocycles. The molecule has 0 bridgehead atoms. The van der Waals surface area contributed by atoms with Crippen LogP contribution in [0, 0.1) is 0 Å². The quantitative estimate of drug-likeness (QED) is 0.261. The maximum Gasteiger partial charge on any atom is 0.115 e. The molecule has 4 aromatic rings. The van der Waals surface area contributed by atoms with E-state index in [-0.39, 0.29) is 11.5 Å². The second-order valence-corrected chi connectivity index (χ2v) is 8.87. The molecule has 1 aliphatic heterocycles. The summed E-state index contributed by atoms with van der Waals surface area (Å²) in [5.41, 5.74) is 5.76. The molecule has 0 saturated heterocycles. The van der Waals surface area contributed by atoms with Gasteiger partial charge >= 0.3 is 0 Å². The molecule has 3 heterocycles. The molecular formula is C28H20N4O2S2. The van der Waals surface area contributed by atoms with Crippen LogP contribution < -0.4 is 0 Å². The van der Waals surface area contributed by atoms with Gasteiger partial charge in [-0.25, -0.2) is 20.0 Å². The minimum absolute atomic E-state index is 0.167. The summed E-state index contributed by atoms with van der Waals surface area (Å²) in [5, 5.41) is 20.8. The van der Waals surface area contributed by atoms with E-state index in [0.717, 1.165) is 22.3 Å². The van der Waals surface area contributed by atoms with E-state index >= 15 is 0 Å². The fourth-order valence-electron chi connectivity index (χ4n) is 3.58. The molecule has 0 saturated carbocycles. The molecule has 0 fully saturated rings. The first-order valence-corrected chi connectivity index (χ1v) is 11.8. The van der Waals surface area contributed by atoms with Crippen LogP contribution in [0.5, 0.6) is 11.5 Å². The van der Waals surface area contributed by atoms with Gasteiger partial charge in [0, 0.05) is 34.6 Å². The second kappa shape index (κ2) is 10.2. The van der Waals surface area contributed by atoms with E-state index in [0.29, 0.717) is 32.9 Å². The summed E-state index contributed by atoms with van der Waals surface area (Å²) < 4.78 is 0. The summed E-state index contributed by atoms with van der Waals surface area (Å²) in [4.78, 5) is 18.7. The first kappa shape index (κ1) is 23.6. The molecule has 0 radical (unpaired) electrons. The molecule has 8 heteroatoms. The number of aromatic hydroxyl groups is 2. The summed E-state index contributed by atoms with van der Waals surface area (Å²) in [6.07, 6.45) is 7.19. The number of phenols is 2. The number of hydrogen-bond acceptors (Lipinski definition) is 8. The Morgan fingerprint density at radius 3 is 1.17 bits per heavy atom. The highest BCUT2D eigenvalue weighted by Crippen LogP contribution is 2.28. The molecule has 2 N–H and O–H groups in total. The molecule has 0 unspecified atom stereocenters. The van der Waals surface area contributed by atoms with E-state index in [1.807, 2.05) is 24.3 Å². The molecule has 2 aromatic carbocycles. The van der Waals surface area contributed by atoms with Crippen LogP contribution in [0.15, 0.2) is 117 Å². The van der Waals surface area contributed by atoms with Crippen molar-refractivity contribution in [1.82, 2.24) is 9.97 Å². The molecule has 0 amide bonds. The van der Waals surface area contributed by atoms with E-state index in [1.54, 1.807) is 73.1 Å². The lowest BCUT2D eigenvalue weighted by Crippen LogP contribution is -2.07. The highest BCUT2D eigenvalue weighted by atomic mass is 32.1. The Bertz CT molecular complexity index is 1270. The third-order valence-corrected chi connectivity index (χ3v) is 5.97. The average molecular weight is 509 g/mol. The number of benzene rings is 2. The number of aliphatic imine (C=N–C) groups is 2. The fourth-order valence-corrected chi connectivity index (χ4v) is 3.84. The van der Waals surface area contributed by atoms with E-state index in [1.165, 1.54) is 0 Å². The number of nitrogens with zero attached hydrogens (tertiary/aromatic N) is 4. The Morgan fingerprint density at radius 2 is 0.833 bits per heavy atom. The van der Waals surface area contributed by atoms with Crippen LogP contribution in [0.1, 0.15) is 22.3 Å². The van der Waals surface area contributed by atoms with Gasteiger partial charge in [0.1, 0.15) is 11.5 Å². The van der Waals surface area contributed by atoms with Crippen LogP contribution in [-0.4, -0.2) is 31.6 Å². The van der Waals surface area contributed by atoms with Gasteiger partial charge in [-0.15, -0.1) is 25.3 Å². The number of aromatic nitrogens is 2. The smallest absolute Gasteiger partial charge is 0.115 e. The van der Waals surface area contributed by atoms with Crippen molar-refractivity contribution in [2.45, 2.75) is 10.1 Å². The molecule has 0 atom stereocenters. The van der Waals surface area contributed by atoms with Crippen molar-refractivity contribution in [3.63, 3.8) is 0 Å². The highest BCUT2D eigenvalue weighted by Gasteiger charge is 2.15. The van der Waals surface area contributed by atoms with Gasteiger partial charge in [-0.2, -0.15) is 0 Å². The minimum atomic E-state index is 0.167. The van der Waals surface area contributed by atoms with Crippen LogP contribution >= 0.6 is 25.3 Å². The van der Waals surface area contributed by atoms with E-state index in [9.17, 15) is 10.2 Å². The topological polar surface area (TPSA) is 91.0 Å². The third-order valence-electron chi connectivity index (χ3n) is 5.44. The largest absolute Gasteiger partial charge is 0.508 e. The van der Waals surface area contributed by atoms with Crippen molar-refractivity contribution in [2.75, 3.05) is 0 Å². The summed E-state index contributed by atoms with van der Waals surface area (Å²) in [5.74, 6) is 0.333. The molecule has 176 valence electrons. The summed E-state index contributed by atoms with van der Waals surface area (Å²) in [6.45, 7) is 0.